The number of hydrogen-bond acceptors (Lipinski definition) is 5. The third kappa shape index (κ3) is 4.50. The fourth-order valence-electron chi connectivity index (χ4n) is 1.79. The number of carbonyl (C=O) groups excluding carboxylic acids is 3. The smallest absolute Gasteiger partial charge is 0.349 e. The molecule has 2 aromatic rings. The second-order valence-corrected chi connectivity index (χ2v) is 6.21. The predicted molar refractivity (Wildman–Crippen MR) is 89.0 cm³/mol. The van der Waals surface area contributed by atoms with Gasteiger partial charge in [-0.1, -0.05) is 17.7 Å². The van der Waals surface area contributed by atoms with Crippen LogP contribution in [0, 0.1) is 6.92 Å². The highest BCUT2D eigenvalue weighted by Gasteiger charge is 2.20. The largest absolute Gasteiger partial charge is 0.448 e. The van der Waals surface area contributed by atoms with Crippen LogP contribution in [-0.2, 0) is 9.53 Å². The summed E-state index contributed by atoms with van der Waals surface area (Å²) in [6.07, 6.45) is -0.938. The van der Waals surface area contributed by atoms with Crippen LogP contribution in [0.2, 0.25) is 0 Å². The molecule has 0 saturated carbocycles. The topological polar surface area (TPSA) is 72.5 Å². The van der Waals surface area contributed by atoms with Crippen molar-refractivity contribution in [3.05, 3.63) is 51.7 Å². The molecule has 5 nitrogen and oxygen atoms in total. The van der Waals surface area contributed by atoms with Crippen molar-refractivity contribution >= 4 is 34.7 Å². The van der Waals surface area contributed by atoms with E-state index in [4.69, 9.17) is 4.74 Å². The number of nitrogens with one attached hydrogen (secondary N) is 1. The van der Waals surface area contributed by atoms with Crippen molar-refractivity contribution in [2.45, 2.75) is 26.9 Å². The lowest BCUT2D eigenvalue weighted by molar-refractivity contribution is -0.123. The zero-order chi connectivity index (χ0) is 17.0. The molecule has 6 heteroatoms. The number of carbonyl (C=O) groups is 3. The second kappa shape index (κ2) is 7.19. The summed E-state index contributed by atoms with van der Waals surface area (Å²) in [5.41, 5.74) is 1.72. The van der Waals surface area contributed by atoms with Crippen LogP contribution in [0.15, 0.2) is 36.4 Å². The summed E-state index contributed by atoms with van der Waals surface area (Å²) < 4.78 is 5.14. The van der Waals surface area contributed by atoms with Gasteiger partial charge in [-0.3, -0.25) is 9.59 Å². The molecule has 0 saturated heterocycles. The van der Waals surface area contributed by atoms with E-state index in [9.17, 15) is 14.4 Å². The van der Waals surface area contributed by atoms with Crippen molar-refractivity contribution in [3.63, 3.8) is 0 Å². The number of ether oxygens (including phenoxy) is 1. The van der Waals surface area contributed by atoms with Crippen molar-refractivity contribution in [1.29, 1.82) is 0 Å². The van der Waals surface area contributed by atoms with Gasteiger partial charge in [0.15, 0.2) is 11.9 Å². The molecule has 120 valence electrons. The lowest BCUT2D eigenvalue weighted by atomic mass is 10.2. The Hall–Kier alpha value is -2.47. The number of Topliss-reactive ketones (excluding diaryl/α,β-unsaturated/α-hetero) is 1. The van der Waals surface area contributed by atoms with Crippen LogP contribution in [0.1, 0.15) is 38.8 Å². The molecule has 1 aromatic carbocycles. The SMILES string of the molecule is CC(=O)c1ccc(C(=O)OC(C)C(=O)Nc2ccc(C)cc2)s1. The van der Waals surface area contributed by atoms with Crippen molar-refractivity contribution in [2.75, 3.05) is 5.32 Å². The van der Waals surface area contributed by atoms with Gasteiger partial charge in [0.2, 0.25) is 0 Å². The van der Waals surface area contributed by atoms with Gasteiger partial charge in [0.05, 0.1) is 4.88 Å². The summed E-state index contributed by atoms with van der Waals surface area (Å²) in [5.74, 6) is -1.14. The van der Waals surface area contributed by atoms with Crippen LogP contribution in [0.25, 0.3) is 0 Å². The van der Waals surface area contributed by atoms with Gasteiger partial charge in [-0.2, -0.15) is 0 Å². The van der Waals surface area contributed by atoms with Gasteiger partial charge in [0.1, 0.15) is 4.88 Å². The number of amides is 1. The fraction of sp³-hybridized carbons (Fsp3) is 0.235. The Morgan fingerprint density at radius 2 is 1.65 bits per heavy atom. The van der Waals surface area contributed by atoms with Crippen LogP contribution in [-0.4, -0.2) is 23.8 Å². The fourth-order valence-corrected chi connectivity index (χ4v) is 2.57. The first-order chi connectivity index (χ1) is 10.9. The van der Waals surface area contributed by atoms with E-state index in [0.717, 1.165) is 16.9 Å². The standard InChI is InChI=1S/C17H17NO4S/c1-10-4-6-13(7-5-10)18-16(20)12(3)22-17(21)15-9-8-14(23-15)11(2)19/h4-9,12H,1-3H3,(H,18,20). The lowest BCUT2D eigenvalue weighted by Crippen LogP contribution is -2.29. The van der Waals surface area contributed by atoms with E-state index in [2.05, 4.69) is 5.32 Å². The molecule has 0 aliphatic carbocycles. The van der Waals surface area contributed by atoms with E-state index in [1.54, 1.807) is 18.2 Å². The van der Waals surface area contributed by atoms with Crippen LogP contribution < -0.4 is 5.32 Å². The Kier molecular flexibility index (Phi) is 5.28. The zero-order valence-electron chi connectivity index (χ0n) is 13.1. The Morgan fingerprint density at radius 1 is 1.04 bits per heavy atom. The first-order valence-electron chi connectivity index (χ1n) is 7.06. The third-order valence-electron chi connectivity index (χ3n) is 3.13. The number of thiophene rings is 1. The minimum Gasteiger partial charge on any atom is -0.448 e. The summed E-state index contributed by atoms with van der Waals surface area (Å²) in [6, 6.07) is 10.4. The molecular weight excluding hydrogens is 314 g/mol. The molecule has 0 fully saturated rings. The van der Waals surface area contributed by atoms with Crippen molar-refractivity contribution in [3.8, 4) is 0 Å². The number of ketones is 1. The zero-order valence-corrected chi connectivity index (χ0v) is 13.9. The molecule has 0 aliphatic rings. The van der Waals surface area contributed by atoms with Crippen molar-refractivity contribution in [1.82, 2.24) is 0 Å². The molecule has 0 radical (unpaired) electrons. The lowest BCUT2D eigenvalue weighted by Gasteiger charge is -2.13. The molecule has 1 heterocycles. The first-order valence-corrected chi connectivity index (χ1v) is 7.88. The van der Waals surface area contributed by atoms with E-state index in [1.807, 2.05) is 19.1 Å². The summed E-state index contributed by atoms with van der Waals surface area (Å²) in [4.78, 5) is 36.0. The van der Waals surface area contributed by atoms with Gasteiger partial charge < -0.3 is 10.1 Å². The summed E-state index contributed by atoms with van der Waals surface area (Å²) in [7, 11) is 0. The number of esters is 1. The Bertz CT molecular complexity index is 733. The Morgan fingerprint density at radius 3 is 2.22 bits per heavy atom. The third-order valence-corrected chi connectivity index (χ3v) is 4.29. The Labute approximate surface area is 138 Å². The molecule has 0 spiro atoms. The van der Waals surface area contributed by atoms with Gasteiger partial charge >= 0.3 is 5.97 Å². The van der Waals surface area contributed by atoms with Crippen LogP contribution in [0.4, 0.5) is 5.69 Å². The molecule has 1 unspecified atom stereocenters. The molecule has 1 atom stereocenters. The maximum Gasteiger partial charge on any atom is 0.349 e. The molecule has 2 rings (SSSR count). The van der Waals surface area contributed by atoms with E-state index in [0.29, 0.717) is 15.4 Å². The number of aryl methyl sites for hydroxylation is 1. The highest BCUT2D eigenvalue weighted by molar-refractivity contribution is 7.15. The first kappa shape index (κ1) is 16.9. The number of hydrogen-bond donors (Lipinski definition) is 1. The minimum atomic E-state index is -0.938. The summed E-state index contributed by atoms with van der Waals surface area (Å²) in [5, 5.41) is 2.68. The second-order valence-electron chi connectivity index (χ2n) is 5.12. The molecule has 23 heavy (non-hydrogen) atoms. The molecular formula is C17H17NO4S. The van der Waals surface area contributed by atoms with E-state index < -0.39 is 18.0 Å². The van der Waals surface area contributed by atoms with E-state index >= 15 is 0 Å². The Balaban J connectivity index is 1.95. The van der Waals surface area contributed by atoms with Gasteiger partial charge in [-0.05, 0) is 45.0 Å². The summed E-state index contributed by atoms with van der Waals surface area (Å²) >= 11 is 1.05. The summed E-state index contributed by atoms with van der Waals surface area (Å²) in [6.45, 7) is 4.88. The number of anilines is 1. The monoisotopic (exact) mass is 331 g/mol. The highest BCUT2D eigenvalue weighted by atomic mass is 32.1. The quantitative estimate of drug-likeness (QED) is 0.673. The van der Waals surface area contributed by atoms with Crippen LogP contribution in [0.3, 0.4) is 0 Å². The number of benzene rings is 1. The minimum absolute atomic E-state index is 0.112. The molecule has 0 aliphatic heterocycles. The normalized spacial score (nSPS) is 11.6. The van der Waals surface area contributed by atoms with Gasteiger partial charge in [0.25, 0.3) is 5.91 Å². The van der Waals surface area contributed by atoms with Crippen molar-refractivity contribution in [2.24, 2.45) is 0 Å². The van der Waals surface area contributed by atoms with Crippen LogP contribution >= 0.6 is 11.3 Å². The van der Waals surface area contributed by atoms with Gasteiger partial charge in [-0.25, -0.2) is 4.79 Å². The predicted octanol–water partition coefficient (Wildman–Crippen LogP) is 3.44. The van der Waals surface area contributed by atoms with Crippen LogP contribution in [0.5, 0.6) is 0 Å². The van der Waals surface area contributed by atoms with Crippen molar-refractivity contribution < 1.29 is 19.1 Å². The molecule has 1 aromatic heterocycles. The van der Waals surface area contributed by atoms with Gasteiger partial charge in [-0.15, -0.1) is 11.3 Å². The van der Waals surface area contributed by atoms with Gasteiger partial charge in [0, 0.05) is 5.69 Å². The average Bonchev–Trinajstić information content (AvgIpc) is 2.99. The molecule has 1 amide bonds. The molecule has 0 bridgehead atoms. The van der Waals surface area contributed by atoms with E-state index in [1.165, 1.54) is 19.9 Å². The maximum atomic E-state index is 12.0. The number of rotatable bonds is 5. The maximum absolute atomic E-state index is 12.0. The molecule has 1 N–H and O–H groups in total. The van der Waals surface area contributed by atoms with E-state index in [-0.39, 0.29) is 5.78 Å². The highest BCUT2D eigenvalue weighted by Crippen LogP contribution is 2.19. The average molecular weight is 331 g/mol.